The Labute approximate surface area is 80.8 Å². The van der Waals surface area contributed by atoms with E-state index in [4.69, 9.17) is 10.6 Å². The molecule has 1 rings (SSSR count). The van der Waals surface area contributed by atoms with E-state index in [1.54, 1.807) is 0 Å². The van der Waals surface area contributed by atoms with E-state index >= 15 is 0 Å². The Balaban J connectivity index is 2.37. The van der Waals surface area contributed by atoms with Crippen LogP contribution >= 0.6 is 0 Å². The maximum Gasteiger partial charge on any atom is 0.255 e. The van der Waals surface area contributed by atoms with Crippen LogP contribution in [0.3, 0.4) is 0 Å². The predicted octanol–water partition coefficient (Wildman–Crippen LogP) is 0.174. The molecule has 0 fully saturated rings. The zero-order valence-electron chi connectivity index (χ0n) is 7.92. The molecule has 3 N–H and O–H groups in total. The minimum absolute atomic E-state index is 0.0525. The monoisotopic (exact) mass is 196 g/mol. The van der Waals surface area contributed by atoms with Crippen LogP contribution in [0.25, 0.3) is 0 Å². The molecule has 0 aliphatic rings. The first kappa shape index (κ1) is 10.5. The summed E-state index contributed by atoms with van der Waals surface area (Å²) >= 11 is 0. The molecule has 5 heteroatoms. The molecule has 14 heavy (non-hydrogen) atoms. The molecule has 0 aliphatic carbocycles. The zero-order chi connectivity index (χ0) is 10.7. The number of anilines is 2. The molecule has 0 bridgehead atoms. The average Bonchev–Trinajstić information content (AvgIpc) is 2.15. The highest BCUT2D eigenvalue weighted by Crippen LogP contribution is 2.08. The molecule has 0 radical (unpaired) electrons. The molecule has 0 amide bonds. The first-order chi connectivity index (χ1) is 6.54. The van der Waals surface area contributed by atoms with E-state index in [2.05, 4.69) is 12.1 Å². The van der Waals surface area contributed by atoms with Crippen LogP contribution in [0.4, 0.5) is 11.4 Å². The Morgan fingerprint density at radius 3 is 2.64 bits per heavy atom. The number of nitrogen functional groups attached to an aromatic ring is 1. The summed E-state index contributed by atoms with van der Waals surface area (Å²) in [6.45, 7) is 5.93. The minimum atomic E-state index is -0.656. The van der Waals surface area contributed by atoms with E-state index in [-0.39, 0.29) is 11.4 Å². The summed E-state index contributed by atoms with van der Waals surface area (Å²) in [5.74, 6) is 0. The van der Waals surface area contributed by atoms with Crippen LogP contribution in [0.15, 0.2) is 21.7 Å². The Bertz CT molecular complexity index is 416. The van der Waals surface area contributed by atoms with E-state index in [1.807, 2.05) is 6.92 Å². The van der Waals surface area contributed by atoms with Crippen molar-refractivity contribution < 1.29 is 4.84 Å². The molecule has 0 saturated carbocycles. The zero-order valence-corrected chi connectivity index (χ0v) is 7.92. The van der Waals surface area contributed by atoms with Crippen molar-refractivity contribution in [1.82, 2.24) is 0 Å². The Morgan fingerprint density at radius 2 is 2.14 bits per heavy atom. The van der Waals surface area contributed by atoms with Gasteiger partial charge in [-0.1, -0.05) is 5.57 Å². The molecule has 0 heterocycles. The van der Waals surface area contributed by atoms with Crippen LogP contribution < -0.4 is 22.1 Å². The second-order valence-corrected chi connectivity index (χ2v) is 3.10. The standard InChI is InChI=1S/C9H12N2O3/c1-5(2)3-4-14-11-7-6(10)8(12)9(7)13/h11H,1,3-4,10H2,2H3. The topological polar surface area (TPSA) is 81.4 Å². The van der Waals surface area contributed by atoms with Crippen molar-refractivity contribution in [3.63, 3.8) is 0 Å². The lowest BCUT2D eigenvalue weighted by molar-refractivity contribution is 0.197. The molecular weight excluding hydrogens is 184 g/mol. The fourth-order valence-electron chi connectivity index (χ4n) is 0.859. The van der Waals surface area contributed by atoms with Crippen LogP contribution in [-0.4, -0.2) is 6.61 Å². The van der Waals surface area contributed by atoms with Gasteiger partial charge in [0, 0.05) is 0 Å². The van der Waals surface area contributed by atoms with Gasteiger partial charge in [-0.3, -0.25) is 19.9 Å². The van der Waals surface area contributed by atoms with E-state index in [9.17, 15) is 9.59 Å². The van der Waals surface area contributed by atoms with Gasteiger partial charge < -0.3 is 5.73 Å². The summed E-state index contributed by atoms with van der Waals surface area (Å²) in [4.78, 5) is 26.4. The molecule has 5 nitrogen and oxygen atoms in total. The van der Waals surface area contributed by atoms with Crippen molar-refractivity contribution in [3.05, 3.63) is 32.6 Å². The largest absolute Gasteiger partial charge is 0.394 e. The predicted molar refractivity (Wildman–Crippen MR) is 54.8 cm³/mol. The van der Waals surface area contributed by atoms with Crippen LogP contribution in [0.5, 0.6) is 0 Å². The molecule has 0 aromatic heterocycles. The van der Waals surface area contributed by atoms with Gasteiger partial charge in [-0.05, 0) is 13.3 Å². The summed E-state index contributed by atoms with van der Waals surface area (Å²) in [7, 11) is 0. The Hall–Kier alpha value is -1.62. The molecule has 0 saturated heterocycles. The lowest BCUT2D eigenvalue weighted by Crippen LogP contribution is -2.37. The second-order valence-electron chi connectivity index (χ2n) is 3.10. The lowest BCUT2D eigenvalue weighted by Gasteiger charge is -2.09. The van der Waals surface area contributed by atoms with Gasteiger partial charge in [-0.2, -0.15) is 0 Å². The van der Waals surface area contributed by atoms with E-state index in [1.165, 1.54) is 0 Å². The number of nitrogens with two attached hydrogens (primary N) is 1. The van der Waals surface area contributed by atoms with Gasteiger partial charge >= 0.3 is 0 Å². The highest BCUT2D eigenvalue weighted by molar-refractivity contribution is 5.70. The molecule has 0 unspecified atom stereocenters. The van der Waals surface area contributed by atoms with Gasteiger partial charge in [0.15, 0.2) is 0 Å². The number of rotatable bonds is 5. The fourth-order valence-corrected chi connectivity index (χ4v) is 0.859. The average molecular weight is 196 g/mol. The summed E-state index contributed by atoms with van der Waals surface area (Å²) in [5, 5.41) is 0. The smallest absolute Gasteiger partial charge is 0.255 e. The highest BCUT2D eigenvalue weighted by atomic mass is 16.6. The molecule has 0 spiro atoms. The van der Waals surface area contributed by atoms with E-state index in [0.717, 1.165) is 5.57 Å². The van der Waals surface area contributed by atoms with Crippen molar-refractivity contribution in [2.24, 2.45) is 0 Å². The third-order valence-corrected chi connectivity index (χ3v) is 1.75. The molecule has 1 aromatic carbocycles. The SMILES string of the molecule is C=C(C)CCONc1c(N)c(=O)c1=O. The van der Waals surface area contributed by atoms with Crippen molar-refractivity contribution in [2.45, 2.75) is 13.3 Å². The normalized spacial score (nSPS) is 10.4. The number of hydrogen-bond donors (Lipinski definition) is 2. The van der Waals surface area contributed by atoms with Crippen molar-refractivity contribution >= 4 is 11.4 Å². The third kappa shape index (κ3) is 2.00. The fraction of sp³-hybridized carbons (Fsp3) is 0.333. The maximum atomic E-state index is 10.9. The van der Waals surface area contributed by atoms with Crippen LogP contribution in [0.1, 0.15) is 13.3 Å². The van der Waals surface area contributed by atoms with Crippen LogP contribution in [0, 0.1) is 0 Å². The third-order valence-electron chi connectivity index (χ3n) is 1.75. The van der Waals surface area contributed by atoms with E-state index < -0.39 is 10.9 Å². The second kappa shape index (κ2) is 4.06. The van der Waals surface area contributed by atoms with Gasteiger partial charge in [0.05, 0.1) is 6.61 Å². The first-order valence-electron chi connectivity index (χ1n) is 4.15. The summed E-state index contributed by atoms with van der Waals surface area (Å²) in [6, 6.07) is 0. The van der Waals surface area contributed by atoms with Crippen molar-refractivity contribution in [1.29, 1.82) is 0 Å². The quantitative estimate of drug-likeness (QED) is 0.304. The highest BCUT2D eigenvalue weighted by Gasteiger charge is 2.17. The lowest BCUT2D eigenvalue weighted by atomic mass is 10.2. The van der Waals surface area contributed by atoms with Gasteiger partial charge in [0.2, 0.25) is 0 Å². The summed E-state index contributed by atoms with van der Waals surface area (Å²) in [5.41, 5.74) is 7.28. The number of nitrogens with one attached hydrogen (secondary N) is 1. The van der Waals surface area contributed by atoms with Gasteiger partial charge in [0.25, 0.3) is 10.9 Å². The van der Waals surface area contributed by atoms with Crippen molar-refractivity contribution in [3.8, 4) is 0 Å². The Kier molecular flexibility index (Phi) is 3.03. The van der Waals surface area contributed by atoms with E-state index in [0.29, 0.717) is 13.0 Å². The van der Waals surface area contributed by atoms with Gasteiger partial charge in [0.1, 0.15) is 11.4 Å². The first-order valence-corrected chi connectivity index (χ1v) is 4.15. The summed E-state index contributed by atoms with van der Waals surface area (Å²) < 4.78 is 0. The maximum absolute atomic E-state index is 10.9. The number of hydrogen-bond acceptors (Lipinski definition) is 5. The Morgan fingerprint density at radius 1 is 1.50 bits per heavy atom. The minimum Gasteiger partial charge on any atom is -0.394 e. The summed E-state index contributed by atoms with van der Waals surface area (Å²) in [6.07, 6.45) is 0.683. The molecule has 0 aliphatic heterocycles. The molecular formula is C9H12N2O3. The molecule has 76 valence electrons. The van der Waals surface area contributed by atoms with Crippen LogP contribution in [0.2, 0.25) is 0 Å². The molecule has 1 aromatic rings. The van der Waals surface area contributed by atoms with Crippen molar-refractivity contribution in [2.75, 3.05) is 17.8 Å². The van der Waals surface area contributed by atoms with Gasteiger partial charge in [-0.25, -0.2) is 0 Å². The van der Waals surface area contributed by atoms with Crippen LogP contribution in [-0.2, 0) is 4.84 Å². The van der Waals surface area contributed by atoms with Gasteiger partial charge in [-0.15, -0.1) is 6.58 Å². The molecule has 0 atom stereocenters.